The Bertz CT molecular complexity index is 825. The lowest BCUT2D eigenvalue weighted by Gasteiger charge is -2.27. The molecular weight excluding hydrogens is 390 g/mol. The molecule has 2 saturated heterocycles. The van der Waals surface area contributed by atoms with Gasteiger partial charge in [-0.25, -0.2) is 4.98 Å². The van der Waals surface area contributed by atoms with Gasteiger partial charge in [-0.1, -0.05) is 12.8 Å². The molecule has 0 unspecified atom stereocenters. The van der Waals surface area contributed by atoms with Crippen LogP contribution in [0.25, 0.3) is 10.9 Å². The van der Waals surface area contributed by atoms with Gasteiger partial charge < -0.3 is 20.4 Å². The van der Waals surface area contributed by atoms with Gasteiger partial charge in [0.25, 0.3) is 0 Å². The highest BCUT2D eigenvalue weighted by Gasteiger charge is 2.12. The van der Waals surface area contributed by atoms with Crippen molar-refractivity contribution in [2.75, 3.05) is 49.5 Å². The zero-order valence-corrected chi connectivity index (χ0v) is 18.9. The Balaban J connectivity index is 1.25. The highest BCUT2D eigenvalue weighted by atomic mass is 32.1. The van der Waals surface area contributed by atoms with Crippen molar-refractivity contribution >= 4 is 39.7 Å². The van der Waals surface area contributed by atoms with Gasteiger partial charge in [0.1, 0.15) is 5.82 Å². The van der Waals surface area contributed by atoms with Crippen LogP contribution in [0.2, 0.25) is 0 Å². The lowest BCUT2D eigenvalue weighted by Crippen LogP contribution is -2.32. The summed E-state index contributed by atoms with van der Waals surface area (Å²) in [6.07, 6.45) is 10.5. The molecule has 162 valence electrons. The number of benzene rings is 1. The van der Waals surface area contributed by atoms with E-state index in [9.17, 15) is 0 Å². The maximum absolute atomic E-state index is 5.50. The van der Waals surface area contributed by atoms with E-state index in [1.165, 1.54) is 58.0 Å². The monoisotopic (exact) mass is 425 g/mol. The van der Waals surface area contributed by atoms with Gasteiger partial charge in [0.15, 0.2) is 5.11 Å². The third-order valence-corrected chi connectivity index (χ3v) is 6.49. The number of thiocarbonyl (C=S) groups is 1. The van der Waals surface area contributed by atoms with Gasteiger partial charge in [0.05, 0.1) is 5.52 Å². The summed E-state index contributed by atoms with van der Waals surface area (Å²) in [5, 5.41) is 8.53. The van der Waals surface area contributed by atoms with Crippen molar-refractivity contribution < 1.29 is 0 Å². The van der Waals surface area contributed by atoms with E-state index >= 15 is 0 Å². The molecule has 0 saturated carbocycles. The first-order valence-electron chi connectivity index (χ1n) is 11.7. The summed E-state index contributed by atoms with van der Waals surface area (Å²) in [6, 6.07) is 10.6. The van der Waals surface area contributed by atoms with Crippen molar-refractivity contribution in [3.05, 3.63) is 30.3 Å². The van der Waals surface area contributed by atoms with E-state index in [1.54, 1.807) is 0 Å². The Hall–Kier alpha value is -1.92. The molecule has 2 N–H and O–H groups in total. The van der Waals surface area contributed by atoms with Gasteiger partial charge in [0, 0.05) is 30.7 Å². The van der Waals surface area contributed by atoms with E-state index in [1.807, 2.05) is 0 Å². The van der Waals surface area contributed by atoms with Crippen molar-refractivity contribution in [3.8, 4) is 0 Å². The SMILES string of the molecule is S=C(NCCCN1CCCCCC1)Nc1ccc2nc(N3CCCCC3)ccc2c1. The molecule has 5 nitrogen and oxygen atoms in total. The van der Waals surface area contributed by atoms with Crippen LogP contribution < -0.4 is 15.5 Å². The number of nitrogens with one attached hydrogen (secondary N) is 2. The highest BCUT2D eigenvalue weighted by Crippen LogP contribution is 2.23. The summed E-state index contributed by atoms with van der Waals surface area (Å²) in [5.74, 6) is 1.10. The first-order chi connectivity index (χ1) is 14.8. The van der Waals surface area contributed by atoms with Crippen LogP contribution in [0.4, 0.5) is 11.5 Å². The van der Waals surface area contributed by atoms with E-state index in [-0.39, 0.29) is 0 Å². The van der Waals surface area contributed by atoms with Crippen molar-refractivity contribution in [2.24, 2.45) is 0 Å². The number of nitrogens with zero attached hydrogens (tertiary/aromatic N) is 3. The van der Waals surface area contributed by atoms with Crippen molar-refractivity contribution in [3.63, 3.8) is 0 Å². The largest absolute Gasteiger partial charge is 0.362 e. The fraction of sp³-hybridized carbons (Fsp3) is 0.583. The summed E-state index contributed by atoms with van der Waals surface area (Å²) < 4.78 is 0. The van der Waals surface area contributed by atoms with Gasteiger partial charge in [-0.05, 0) is 101 Å². The van der Waals surface area contributed by atoms with E-state index in [2.05, 4.69) is 50.8 Å². The van der Waals surface area contributed by atoms with Gasteiger partial charge in [-0.3, -0.25) is 0 Å². The number of fused-ring (bicyclic) bond motifs is 1. The molecule has 6 heteroatoms. The topological polar surface area (TPSA) is 43.4 Å². The third kappa shape index (κ3) is 6.05. The van der Waals surface area contributed by atoms with Gasteiger partial charge in [-0.2, -0.15) is 0 Å². The Labute approximate surface area is 186 Å². The Kier molecular flexibility index (Phi) is 7.76. The van der Waals surface area contributed by atoms with E-state index in [0.717, 1.165) is 55.0 Å². The van der Waals surface area contributed by atoms with Crippen molar-refractivity contribution in [1.82, 2.24) is 15.2 Å². The number of rotatable bonds is 6. The average Bonchev–Trinajstić information content (AvgIpc) is 3.06. The molecule has 2 aromatic rings. The molecule has 3 heterocycles. The molecule has 1 aromatic heterocycles. The number of piperidine rings is 1. The molecule has 0 radical (unpaired) electrons. The second-order valence-corrected chi connectivity index (χ2v) is 9.02. The Morgan fingerprint density at radius 3 is 2.43 bits per heavy atom. The quantitative estimate of drug-likeness (QED) is 0.513. The lowest BCUT2D eigenvalue weighted by molar-refractivity contribution is 0.282. The van der Waals surface area contributed by atoms with Crippen molar-refractivity contribution in [1.29, 1.82) is 0 Å². The molecule has 2 aliphatic heterocycles. The minimum Gasteiger partial charge on any atom is -0.362 e. The number of aromatic nitrogens is 1. The predicted molar refractivity (Wildman–Crippen MR) is 132 cm³/mol. The highest BCUT2D eigenvalue weighted by molar-refractivity contribution is 7.80. The molecule has 0 atom stereocenters. The zero-order chi connectivity index (χ0) is 20.6. The van der Waals surface area contributed by atoms with Crippen LogP contribution in [-0.2, 0) is 0 Å². The Morgan fingerprint density at radius 2 is 1.63 bits per heavy atom. The molecule has 2 fully saturated rings. The van der Waals surface area contributed by atoms with Crippen LogP contribution in [0.5, 0.6) is 0 Å². The molecule has 1 aromatic carbocycles. The molecule has 0 aliphatic carbocycles. The molecule has 0 bridgehead atoms. The van der Waals surface area contributed by atoms with Crippen LogP contribution in [0.3, 0.4) is 0 Å². The molecule has 4 rings (SSSR count). The second-order valence-electron chi connectivity index (χ2n) is 8.61. The van der Waals surface area contributed by atoms with Crippen LogP contribution in [0.1, 0.15) is 51.4 Å². The van der Waals surface area contributed by atoms with Crippen molar-refractivity contribution in [2.45, 2.75) is 51.4 Å². The smallest absolute Gasteiger partial charge is 0.170 e. The zero-order valence-electron chi connectivity index (χ0n) is 18.0. The standard InChI is InChI=1S/C24H35N5S/c30-24(25-13-8-16-28-14-4-1-2-5-15-28)26-21-10-11-22-20(19-21)9-12-23(27-22)29-17-6-3-7-18-29/h9-12,19H,1-8,13-18H2,(H2,25,26,30). The normalized spacial score (nSPS) is 18.2. The molecular formula is C24H35N5S. The Morgan fingerprint density at radius 1 is 0.900 bits per heavy atom. The van der Waals surface area contributed by atoms with Gasteiger partial charge in [0.2, 0.25) is 0 Å². The number of pyridine rings is 1. The molecule has 2 aliphatic rings. The summed E-state index contributed by atoms with van der Waals surface area (Å²) >= 11 is 5.50. The summed E-state index contributed by atoms with van der Waals surface area (Å²) in [7, 11) is 0. The first-order valence-corrected chi connectivity index (χ1v) is 12.1. The maximum Gasteiger partial charge on any atom is 0.170 e. The number of hydrogen-bond donors (Lipinski definition) is 2. The molecule has 30 heavy (non-hydrogen) atoms. The van der Waals surface area contributed by atoms with E-state index in [4.69, 9.17) is 17.2 Å². The first kappa shape index (κ1) is 21.3. The number of anilines is 2. The number of hydrogen-bond acceptors (Lipinski definition) is 4. The van der Waals surface area contributed by atoms with Crippen LogP contribution in [-0.4, -0.2) is 54.3 Å². The minimum atomic E-state index is 0.697. The van der Waals surface area contributed by atoms with E-state index < -0.39 is 0 Å². The summed E-state index contributed by atoms with van der Waals surface area (Å²) in [6.45, 7) is 6.83. The average molecular weight is 426 g/mol. The van der Waals surface area contributed by atoms with E-state index in [0.29, 0.717) is 5.11 Å². The van der Waals surface area contributed by atoms with Crippen LogP contribution in [0.15, 0.2) is 30.3 Å². The van der Waals surface area contributed by atoms with Crippen LogP contribution in [0, 0.1) is 0 Å². The fourth-order valence-electron chi connectivity index (χ4n) is 4.53. The molecule has 0 spiro atoms. The lowest BCUT2D eigenvalue weighted by atomic mass is 10.1. The van der Waals surface area contributed by atoms with Crippen LogP contribution >= 0.6 is 12.2 Å². The molecule has 0 amide bonds. The fourth-order valence-corrected chi connectivity index (χ4v) is 4.75. The van der Waals surface area contributed by atoms with Gasteiger partial charge >= 0.3 is 0 Å². The predicted octanol–water partition coefficient (Wildman–Crippen LogP) is 4.78. The summed E-state index contributed by atoms with van der Waals surface area (Å²) in [4.78, 5) is 9.88. The third-order valence-electron chi connectivity index (χ3n) is 6.25. The van der Waals surface area contributed by atoms with Gasteiger partial charge in [-0.15, -0.1) is 0 Å². The second kappa shape index (κ2) is 10.9. The minimum absolute atomic E-state index is 0.697. The summed E-state index contributed by atoms with van der Waals surface area (Å²) in [5.41, 5.74) is 2.06. The maximum atomic E-state index is 5.50. The number of likely N-dealkylation sites (tertiary alicyclic amines) is 1.